The van der Waals surface area contributed by atoms with Crippen LogP contribution < -0.4 is 10.6 Å². The van der Waals surface area contributed by atoms with Gasteiger partial charge in [0.25, 0.3) is 0 Å². The molecule has 0 aliphatic rings. The van der Waals surface area contributed by atoms with E-state index in [9.17, 15) is 9.18 Å². The van der Waals surface area contributed by atoms with Gasteiger partial charge in [0.05, 0.1) is 17.2 Å². The van der Waals surface area contributed by atoms with Crippen molar-refractivity contribution in [1.29, 1.82) is 0 Å². The molecular formula is C12H11ClFN3OS. The van der Waals surface area contributed by atoms with Gasteiger partial charge in [-0.25, -0.2) is 14.2 Å². The van der Waals surface area contributed by atoms with Gasteiger partial charge in [0.15, 0.2) is 0 Å². The number of halogens is 2. The lowest BCUT2D eigenvalue weighted by molar-refractivity contribution is 0.251. The van der Waals surface area contributed by atoms with Crippen molar-refractivity contribution in [3.63, 3.8) is 0 Å². The van der Waals surface area contributed by atoms with Crippen LogP contribution in [0.3, 0.4) is 0 Å². The monoisotopic (exact) mass is 299 g/mol. The largest absolute Gasteiger partial charge is 0.333 e. The van der Waals surface area contributed by atoms with E-state index in [1.165, 1.54) is 29.5 Å². The van der Waals surface area contributed by atoms with E-state index in [0.29, 0.717) is 11.6 Å². The molecule has 0 fully saturated rings. The van der Waals surface area contributed by atoms with E-state index < -0.39 is 11.8 Å². The molecule has 7 heteroatoms. The molecule has 0 unspecified atom stereocenters. The Bertz CT molecular complexity index is 602. The SMILES string of the molecule is Cc1ncc(CNC(=O)Nc2cc(Cl)ccc2F)s1. The molecule has 0 aliphatic heterocycles. The minimum absolute atomic E-state index is 0.0467. The van der Waals surface area contributed by atoms with Gasteiger partial charge in [-0.15, -0.1) is 11.3 Å². The van der Waals surface area contributed by atoms with Crippen LogP contribution in [0.2, 0.25) is 5.02 Å². The Morgan fingerprint density at radius 2 is 2.32 bits per heavy atom. The molecule has 2 amide bonds. The van der Waals surface area contributed by atoms with Crippen LogP contribution in [-0.2, 0) is 6.54 Å². The van der Waals surface area contributed by atoms with E-state index in [-0.39, 0.29) is 5.69 Å². The molecule has 100 valence electrons. The first-order valence-corrected chi connectivity index (χ1v) is 6.65. The Morgan fingerprint density at radius 1 is 1.53 bits per heavy atom. The lowest BCUT2D eigenvalue weighted by Crippen LogP contribution is -2.28. The summed E-state index contributed by atoms with van der Waals surface area (Å²) in [7, 11) is 0. The average molecular weight is 300 g/mol. The molecule has 2 aromatic rings. The number of urea groups is 1. The Kier molecular flexibility index (Phi) is 4.34. The first-order valence-electron chi connectivity index (χ1n) is 5.46. The number of rotatable bonds is 3. The van der Waals surface area contributed by atoms with Crippen LogP contribution in [0, 0.1) is 12.7 Å². The number of nitrogens with one attached hydrogen (secondary N) is 2. The number of anilines is 1. The topological polar surface area (TPSA) is 54.0 Å². The zero-order chi connectivity index (χ0) is 13.8. The summed E-state index contributed by atoms with van der Waals surface area (Å²) in [5.41, 5.74) is 0.0467. The first kappa shape index (κ1) is 13.8. The fraction of sp³-hybridized carbons (Fsp3) is 0.167. The number of thiazole rings is 1. The minimum atomic E-state index is -0.534. The highest BCUT2D eigenvalue weighted by atomic mass is 35.5. The van der Waals surface area contributed by atoms with E-state index in [2.05, 4.69) is 15.6 Å². The zero-order valence-electron chi connectivity index (χ0n) is 10.0. The molecule has 19 heavy (non-hydrogen) atoms. The summed E-state index contributed by atoms with van der Waals surface area (Å²) < 4.78 is 13.4. The third-order valence-corrected chi connectivity index (χ3v) is 3.42. The van der Waals surface area contributed by atoms with Gasteiger partial charge in [-0.05, 0) is 25.1 Å². The molecule has 0 spiro atoms. The maximum Gasteiger partial charge on any atom is 0.319 e. The molecule has 0 radical (unpaired) electrons. The molecule has 0 saturated carbocycles. The second kappa shape index (κ2) is 5.99. The first-order chi connectivity index (χ1) is 9.04. The summed E-state index contributed by atoms with van der Waals surface area (Å²) in [5.74, 6) is -0.534. The molecule has 2 rings (SSSR count). The van der Waals surface area contributed by atoms with E-state index >= 15 is 0 Å². The number of hydrogen-bond donors (Lipinski definition) is 2. The van der Waals surface area contributed by atoms with E-state index in [0.717, 1.165) is 9.88 Å². The number of carbonyl (C=O) groups is 1. The number of amides is 2. The highest BCUT2D eigenvalue weighted by Crippen LogP contribution is 2.19. The minimum Gasteiger partial charge on any atom is -0.333 e. The summed E-state index contributed by atoms with van der Waals surface area (Å²) in [6.07, 6.45) is 1.69. The van der Waals surface area contributed by atoms with Crippen molar-refractivity contribution in [2.24, 2.45) is 0 Å². The number of nitrogens with zero attached hydrogens (tertiary/aromatic N) is 1. The molecule has 1 heterocycles. The lowest BCUT2D eigenvalue weighted by Gasteiger charge is -2.07. The summed E-state index contributed by atoms with van der Waals surface area (Å²) in [6.45, 7) is 2.23. The van der Waals surface area contributed by atoms with E-state index in [4.69, 9.17) is 11.6 Å². The molecule has 0 aliphatic carbocycles. The molecule has 2 N–H and O–H groups in total. The van der Waals surface area contributed by atoms with Gasteiger partial charge in [-0.2, -0.15) is 0 Å². The van der Waals surface area contributed by atoms with Crippen LogP contribution in [0.25, 0.3) is 0 Å². The third-order valence-electron chi connectivity index (χ3n) is 2.27. The van der Waals surface area contributed by atoms with Gasteiger partial charge in [0, 0.05) is 16.1 Å². The number of carbonyl (C=O) groups excluding carboxylic acids is 1. The Morgan fingerprint density at radius 3 is 3.00 bits per heavy atom. The fourth-order valence-electron chi connectivity index (χ4n) is 1.41. The smallest absolute Gasteiger partial charge is 0.319 e. The average Bonchev–Trinajstić information content (AvgIpc) is 2.77. The third kappa shape index (κ3) is 3.90. The van der Waals surface area contributed by atoms with Crippen molar-refractivity contribution in [2.75, 3.05) is 5.32 Å². The van der Waals surface area contributed by atoms with Crippen molar-refractivity contribution < 1.29 is 9.18 Å². The predicted molar refractivity (Wildman–Crippen MR) is 74.1 cm³/mol. The van der Waals surface area contributed by atoms with Crippen LogP contribution in [0.15, 0.2) is 24.4 Å². The van der Waals surface area contributed by atoms with E-state index in [1.807, 2.05) is 6.92 Å². The normalized spacial score (nSPS) is 10.3. The molecule has 0 bridgehead atoms. The van der Waals surface area contributed by atoms with Crippen molar-refractivity contribution in [3.8, 4) is 0 Å². The molecule has 0 saturated heterocycles. The number of aryl methyl sites for hydroxylation is 1. The second-order valence-corrected chi connectivity index (χ2v) is 5.53. The van der Waals surface area contributed by atoms with Gasteiger partial charge in [0.2, 0.25) is 0 Å². The van der Waals surface area contributed by atoms with Crippen molar-refractivity contribution >= 4 is 34.7 Å². The number of aromatic nitrogens is 1. The van der Waals surface area contributed by atoms with Crippen LogP contribution in [0.1, 0.15) is 9.88 Å². The summed E-state index contributed by atoms with van der Waals surface area (Å²) in [5, 5.41) is 6.31. The standard InChI is InChI=1S/C12H11ClFN3OS/c1-7-15-5-9(19-7)6-16-12(18)17-11-4-8(13)2-3-10(11)14/h2-5H,6H2,1H3,(H2,16,17,18). The fourth-order valence-corrected chi connectivity index (χ4v) is 2.32. The van der Waals surface area contributed by atoms with Crippen molar-refractivity contribution in [1.82, 2.24) is 10.3 Å². The van der Waals surface area contributed by atoms with Gasteiger partial charge < -0.3 is 10.6 Å². The van der Waals surface area contributed by atoms with Gasteiger partial charge >= 0.3 is 6.03 Å². The quantitative estimate of drug-likeness (QED) is 0.910. The summed E-state index contributed by atoms with van der Waals surface area (Å²) in [4.78, 5) is 16.6. The molecule has 1 aromatic heterocycles. The number of hydrogen-bond acceptors (Lipinski definition) is 3. The van der Waals surface area contributed by atoms with Gasteiger partial charge in [0.1, 0.15) is 5.82 Å². The molecule has 0 atom stereocenters. The Labute approximate surface area is 118 Å². The predicted octanol–water partition coefficient (Wildman–Crippen LogP) is 3.57. The zero-order valence-corrected chi connectivity index (χ0v) is 11.6. The maximum absolute atomic E-state index is 13.4. The highest BCUT2D eigenvalue weighted by molar-refractivity contribution is 7.11. The van der Waals surface area contributed by atoms with Crippen LogP contribution >= 0.6 is 22.9 Å². The maximum atomic E-state index is 13.4. The van der Waals surface area contributed by atoms with Crippen LogP contribution in [0.4, 0.5) is 14.9 Å². The number of benzene rings is 1. The second-order valence-electron chi connectivity index (χ2n) is 3.78. The van der Waals surface area contributed by atoms with Crippen LogP contribution in [0.5, 0.6) is 0 Å². The lowest BCUT2D eigenvalue weighted by atomic mass is 10.3. The molecular weight excluding hydrogens is 289 g/mol. The Hall–Kier alpha value is -1.66. The Balaban J connectivity index is 1.92. The van der Waals surface area contributed by atoms with Gasteiger partial charge in [-0.3, -0.25) is 0 Å². The highest BCUT2D eigenvalue weighted by Gasteiger charge is 2.07. The van der Waals surface area contributed by atoms with Gasteiger partial charge in [-0.1, -0.05) is 11.6 Å². The summed E-state index contributed by atoms with van der Waals surface area (Å²) >= 11 is 7.22. The van der Waals surface area contributed by atoms with Crippen molar-refractivity contribution in [3.05, 3.63) is 45.1 Å². The summed E-state index contributed by atoms with van der Waals surface area (Å²) in [6, 6.07) is 3.48. The van der Waals surface area contributed by atoms with Crippen molar-refractivity contribution in [2.45, 2.75) is 13.5 Å². The molecule has 4 nitrogen and oxygen atoms in total. The molecule has 1 aromatic carbocycles. The van der Waals surface area contributed by atoms with Crippen LogP contribution in [-0.4, -0.2) is 11.0 Å². The van der Waals surface area contributed by atoms with E-state index in [1.54, 1.807) is 6.20 Å².